The van der Waals surface area contributed by atoms with E-state index in [1.54, 1.807) is 0 Å². The van der Waals surface area contributed by atoms with Gasteiger partial charge in [-0.1, -0.05) is 6.92 Å². The maximum absolute atomic E-state index is 4.27. The number of hydrogen-bond acceptors (Lipinski definition) is 2. The first-order valence-electron chi connectivity index (χ1n) is 7.45. The smallest absolute Gasteiger partial charge is 0.190 e. The summed E-state index contributed by atoms with van der Waals surface area (Å²) < 4.78 is 0. The van der Waals surface area contributed by atoms with E-state index in [1.807, 2.05) is 7.05 Å². The molecule has 1 atom stereocenters. The van der Waals surface area contributed by atoms with Gasteiger partial charge in [-0.05, 0) is 50.6 Å². The SMILES string of the molecule is CN=C(NCC(C)CN1CCCC1)NCC1CC1. The fourth-order valence-electron chi connectivity index (χ4n) is 2.53. The fourth-order valence-corrected chi connectivity index (χ4v) is 2.53. The first-order chi connectivity index (χ1) is 8.78. The molecule has 0 aromatic rings. The Labute approximate surface area is 111 Å². The summed E-state index contributed by atoms with van der Waals surface area (Å²) in [5, 5.41) is 6.84. The molecule has 4 heteroatoms. The molecule has 1 heterocycles. The number of nitrogens with one attached hydrogen (secondary N) is 2. The van der Waals surface area contributed by atoms with Crippen molar-refractivity contribution in [2.45, 2.75) is 32.6 Å². The molecule has 1 unspecified atom stereocenters. The highest BCUT2D eigenvalue weighted by atomic mass is 15.2. The summed E-state index contributed by atoms with van der Waals surface area (Å²) >= 11 is 0. The molecule has 1 saturated heterocycles. The van der Waals surface area contributed by atoms with Crippen LogP contribution in [0.5, 0.6) is 0 Å². The third-order valence-corrected chi connectivity index (χ3v) is 3.87. The maximum Gasteiger partial charge on any atom is 0.190 e. The Morgan fingerprint density at radius 3 is 2.61 bits per heavy atom. The minimum absolute atomic E-state index is 0.683. The molecule has 0 aromatic heterocycles. The van der Waals surface area contributed by atoms with Crippen molar-refractivity contribution in [2.24, 2.45) is 16.8 Å². The van der Waals surface area contributed by atoms with E-state index < -0.39 is 0 Å². The molecule has 0 amide bonds. The zero-order chi connectivity index (χ0) is 12.8. The fraction of sp³-hybridized carbons (Fsp3) is 0.929. The Kier molecular flexibility index (Phi) is 5.29. The van der Waals surface area contributed by atoms with Crippen LogP contribution in [0.15, 0.2) is 4.99 Å². The van der Waals surface area contributed by atoms with Crippen LogP contribution in [-0.2, 0) is 0 Å². The van der Waals surface area contributed by atoms with Crippen LogP contribution in [0.2, 0.25) is 0 Å². The first kappa shape index (κ1) is 13.7. The summed E-state index contributed by atoms with van der Waals surface area (Å²) in [6.45, 7) is 8.21. The van der Waals surface area contributed by atoms with E-state index in [9.17, 15) is 0 Å². The molecule has 0 aromatic carbocycles. The topological polar surface area (TPSA) is 39.7 Å². The van der Waals surface area contributed by atoms with Crippen LogP contribution in [0.4, 0.5) is 0 Å². The van der Waals surface area contributed by atoms with Crippen LogP contribution in [0.3, 0.4) is 0 Å². The minimum atomic E-state index is 0.683. The van der Waals surface area contributed by atoms with Gasteiger partial charge in [0, 0.05) is 26.7 Å². The Balaban J connectivity index is 1.58. The van der Waals surface area contributed by atoms with Gasteiger partial charge in [0.05, 0.1) is 0 Å². The van der Waals surface area contributed by atoms with Crippen molar-refractivity contribution in [3.63, 3.8) is 0 Å². The summed E-state index contributed by atoms with van der Waals surface area (Å²) in [4.78, 5) is 6.85. The molecule has 1 aliphatic carbocycles. The Morgan fingerprint density at radius 2 is 2.00 bits per heavy atom. The molecule has 104 valence electrons. The normalized spacial score (nSPS) is 23.1. The van der Waals surface area contributed by atoms with Crippen molar-refractivity contribution < 1.29 is 0 Å². The average Bonchev–Trinajstić information content (AvgIpc) is 3.06. The Morgan fingerprint density at radius 1 is 1.28 bits per heavy atom. The Hall–Kier alpha value is -0.770. The standard InChI is InChI=1S/C14H28N4/c1-12(11-18-7-3-4-8-18)9-16-14(15-2)17-10-13-5-6-13/h12-13H,3-11H2,1-2H3,(H2,15,16,17). The van der Waals surface area contributed by atoms with Gasteiger partial charge in [0.2, 0.25) is 0 Å². The van der Waals surface area contributed by atoms with E-state index in [4.69, 9.17) is 0 Å². The van der Waals surface area contributed by atoms with Crippen LogP contribution >= 0.6 is 0 Å². The molecule has 4 nitrogen and oxygen atoms in total. The zero-order valence-electron chi connectivity index (χ0n) is 11.9. The highest BCUT2D eigenvalue weighted by Gasteiger charge is 2.21. The lowest BCUT2D eigenvalue weighted by Crippen LogP contribution is -2.42. The second-order valence-corrected chi connectivity index (χ2v) is 5.89. The summed E-state index contributed by atoms with van der Waals surface area (Å²) in [5.41, 5.74) is 0. The van der Waals surface area contributed by atoms with Crippen LogP contribution < -0.4 is 10.6 Å². The second kappa shape index (κ2) is 6.98. The third-order valence-electron chi connectivity index (χ3n) is 3.87. The monoisotopic (exact) mass is 252 g/mol. The van der Waals surface area contributed by atoms with Crippen molar-refractivity contribution in [2.75, 3.05) is 39.8 Å². The summed E-state index contributed by atoms with van der Waals surface area (Å²) in [6.07, 6.45) is 5.53. The molecular weight excluding hydrogens is 224 g/mol. The van der Waals surface area contributed by atoms with Gasteiger partial charge >= 0.3 is 0 Å². The van der Waals surface area contributed by atoms with Gasteiger partial charge in [0.1, 0.15) is 0 Å². The highest BCUT2D eigenvalue weighted by molar-refractivity contribution is 5.79. The number of hydrogen-bond donors (Lipinski definition) is 2. The van der Waals surface area contributed by atoms with Gasteiger partial charge in [-0.3, -0.25) is 4.99 Å². The van der Waals surface area contributed by atoms with E-state index in [0.717, 1.165) is 25.0 Å². The number of rotatable bonds is 6. The molecule has 2 aliphatic rings. The number of aliphatic imine (C=N–C) groups is 1. The molecule has 18 heavy (non-hydrogen) atoms. The zero-order valence-corrected chi connectivity index (χ0v) is 11.9. The molecule has 1 saturated carbocycles. The van der Waals surface area contributed by atoms with Gasteiger partial charge in [-0.15, -0.1) is 0 Å². The molecular formula is C14H28N4. The van der Waals surface area contributed by atoms with Crippen LogP contribution in [0, 0.1) is 11.8 Å². The van der Waals surface area contributed by atoms with Gasteiger partial charge in [-0.2, -0.15) is 0 Å². The molecule has 2 rings (SSSR count). The second-order valence-electron chi connectivity index (χ2n) is 5.89. The minimum Gasteiger partial charge on any atom is -0.356 e. The largest absolute Gasteiger partial charge is 0.356 e. The van der Waals surface area contributed by atoms with Gasteiger partial charge < -0.3 is 15.5 Å². The number of likely N-dealkylation sites (tertiary alicyclic amines) is 1. The third kappa shape index (κ3) is 4.84. The summed E-state index contributed by atoms with van der Waals surface area (Å²) in [7, 11) is 1.85. The van der Waals surface area contributed by atoms with E-state index >= 15 is 0 Å². The quantitative estimate of drug-likeness (QED) is 0.553. The van der Waals surface area contributed by atoms with E-state index in [0.29, 0.717) is 5.92 Å². The van der Waals surface area contributed by atoms with Crippen molar-refractivity contribution in [1.29, 1.82) is 0 Å². The molecule has 2 fully saturated rings. The van der Waals surface area contributed by atoms with E-state index in [1.165, 1.54) is 45.3 Å². The predicted molar refractivity (Wildman–Crippen MR) is 76.9 cm³/mol. The van der Waals surface area contributed by atoms with Crippen molar-refractivity contribution >= 4 is 5.96 Å². The van der Waals surface area contributed by atoms with E-state index in [-0.39, 0.29) is 0 Å². The summed E-state index contributed by atoms with van der Waals surface area (Å²) in [6, 6.07) is 0. The molecule has 0 bridgehead atoms. The molecule has 0 spiro atoms. The van der Waals surface area contributed by atoms with E-state index in [2.05, 4.69) is 27.4 Å². The lowest BCUT2D eigenvalue weighted by molar-refractivity contribution is 0.287. The van der Waals surface area contributed by atoms with Gasteiger partial charge in [-0.25, -0.2) is 0 Å². The predicted octanol–water partition coefficient (Wildman–Crippen LogP) is 1.29. The highest BCUT2D eigenvalue weighted by Crippen LogP contribution is 2.27. The van der Waals surface area contributed by atoms with Crippen molar-refractivity contribution in [3.05, 3.63) is 0 Å². The number of nitrogens with zero attached hydrogens (tertiary/aromatic N) is 2. The van der Waals surface area contributed by atoms with Gasteiger partial charge in [0.15, 0.2) is 5.96 Å². The maximum atomic E-state index is 4.27. The van der Waals surface area contributed by atoms with Crippen LogP contribution in [0.25, 0.3) is 0 Å². The van der Waals surface area contributed by atoms with Gasteiger partial charge in [0.25, 0.3) is 0 Å². The number of guanidine groups is 1. The van der Waals surface area contributed by atoms with Crippen molar-refractivity contribution in [1.82, 2.24) is 15.5 Å². The lowest BCUT2D eigenvalue weighted by atomic mass is 10.1. The Bertz CT molecular complexity index is 267. The summed E-state index contributed by atoms with van der Waals surface area (Å²) in [5.74, 6) is 2.54. The molecule has 1 aliphatic heterocycles. The van der Waals surface area contributed by atoms with Crippen LogP contribution in [0.1, 0.15) is 32.6 Å². The van der Waals surface area contributed by atoms with Crippen LogP contribution in [-0.4, -0.2) is 50.6 Å². The molecule has 2 N–H and O–H groups in total. The first-order valence-corrected chi connectivity index (χ1v) is 7.45. The molecule has 0 radical (unpaired) electrons. The lowest BCUT2D eigenvalue weighted by Gasteiger charge is -2.21. The average molecular weight is 252 g/mol. The van der Waals surface area contributed by atoms with Crippen molar-refractivity contribution in [3.8, 4) is 0 Å².